The van der Waals surface area contributed by atoms with Crippen LogP contribution < -0.4 is 0 Å². The van der Waals surface area contributed by atoms with E-state index in [2.05, 4.69) is 0 Å². The van der Waals surface area contributed by atoms with E-state index in [9.17, 15) is 26.3 Å². The molecule has 0 amide bonds. The lowest BCUT2D eigenvalue weighted by Crippen LogP contribution is -2.14. The van der Waals surface area contributed by atoms with Gasteiger partial charge in [0.15, 0.2) is 0 Å². The van der Waals surface area contributed by atoms with E-state index in [0.29, 0.717) is 6.07 Å². The highest BCUT2D eigenvalue weighted by Gasteiger charge is 2.39. The zero-order valence-electron chi connectivity index (χ0n) is 7.95. The van der Waals surface area contributed by atoms with Crippen molar-refractivity contribution in [3.05, 3.63) is 33.8 Å². The smallest absolute Gasteiger partial charge is 0.392 e. The first-order valence-electron chi connectivity index (χ1n) is 4.15. The Morgan fingerprint density at radius 1 is 0.941 bits per heavy atom. The van der Waals surface area contributed by atoms with E-state index in [4.69, 9.17) is 16.7 Å². The van der Waals surface area contributed by atoms with Gasteiger partial charge in [-0.2, -0.15) is 26.3 Å². The second-order valence-corrected chi connectivity index (χ2v) is 3.55. The molecule has 0 radical (unpaired) electrons. The van der Waals surface area contributed by atoms with Crippen molar-refractivity contribution in [2.24, 2.45) is 0 Å². The van der Waals surface area contributed by atoms with Crippen molar-refractivity contribution in [2.45, 2.75) is 19.0 Å². The molecule has 0 aliphatic rings. The molecule has 1 aromatic carbocycles. The summed E-state index contributed by atoms with van der Waals surface area (Å²) < 4.78 is 74.3. The molecule has 0 fully saturated rings. The molecule has 1 nitrogen and oxygen atoms in total. The average Bonchev–Trinajstić information content (AvgIpc) is 2.13. The Bertz CT molecular complexity index is 423. The molecule has 0 saturated heterocycles. The lowest BCUT2D eigenvalue weighted by molar-refractivity contribution is -0.143. The maximum absolute atomic E-state index is 12.4. The van der Waals surface area contributed by atoms with Crippen molar-refractivity contribution in [1.82, 2.24) is 0 Å². The minimum Gasteiger partial charge on any atom is -0.392 e. The number of halogens is 7. The molecule has 0 unspecified atom stereocenters. The highest BCUT2D eigenvalue weighted by atomic mass is 35.5. The molecule has 0 spiro atoms. The number of aliphatic hydroxyl groups is 1. The molecule has 0 saturated carbocycles. The van der Waals surface area contributed by atoms with E-state index < -0.39 is 40.7 Å². The zero-order valence-corrected chi connectivity index (χ0v) is 8.71. The quantitative estimate of drug-likeness (QED) is 0.773. The number of rotatable bonds is 1. The van der Waals surface area contributed by atoms with Gasteiger partial charge in [-0.15, -0.1) is 0 Å². The molecule has 0 bridgehead atoms. The highest BCUT2D eigenvalue weighted by molar-refractivity contribution is 6.31. The van der Waals surface area contributed by atoms with Gasteiger partial charge in [0.2, 0.25) is 0 Å². The van der Waals surface area contributed by atoms with Gasteiger partial charge >= 0.3 is 12.4 Å². The maximum atomic E-state index is 12.4. The van der Waals surface area contributed by atoms with Crippen molar-refractivity contribution >= 4 is 11.6 Å². The molecule has 0 aromatic heterocycles. The summed E-state index contributed by atoms with van der Waals surface area (Å²) in [6, 6.07) is 0.362. The molecule has 1 rings (SSSR count). The van der Waals surface area contributed by atoms with E-state index in [1.807, 2.05) is 0 Å². The summed E-state index contributed by atoms with van der Waals surface area (Å²) in [5.41, 5.74) is -3.82. The fourth-order valence-corrected chi connectivity index (χ4v) is 1.52. The summed E-state index contributed by atoms with van der Waals surface area (Å²) in [5.74, 6) is 0. The summed E-state index contributed by atoms with van der Waals surface area (Å²) in [5, 5.41) is 7.78. The van der Waals surface area contributed by atoms with Crippen molar-refractivity contribution in [1.29, 1.82) is 0 Å². The molecule has 0 atom stereocenters. The Labute approximate surface area is 96.6 Å². The van der Waals surface area contributed by atoms with E-state index >= 15 is 0 Å². The van der Waals surface area contributed by atoms with Gasteiger partial charge in [0.1, 0.15) is 0 Å². The third-order valence-corrected chi connectivity index (χ3v) is 2.29. The van der Waals surface area contributed by atoms with Crippen LogP contribution in [0.3, 0.4) is 0 Å². The van der Waals surface area contributed by atoms with Gasteiger partial charge in [-0.3, -0.25) is 0 Å². The lowest BCUT2D eigenvalue weighted by Gasteiger charge is -2.16. The van der Waals surface area contributed by atoms with Gasteiger partial charge in [-0.25, -0.2) is 0 Å². The van der Waals surface area contributed by atoms with E-state index in [0.717, 1.165) is 0 Å². The van der Waals surface area contributed by atoms with Crippen LogP contribution in [0.15, 0.2) is 12.1 Å². The first-order valence-corrected chi connectivity index (χ1v) is 4.53. The molecule has 0 aliphatic carbocycles. The van der Waals surface area contributed by atoms with Crippen LogP contribution >= 0.6 is 11.6 Å². The Morgan fingerprint density at radius 3 is 1.76 bits per heavy atom. The summed E-state index contributed by atoms with van der Waals surface area (Å²) in [7, 11) is 0. The lowest BCUT2D eigenvalue weighted by atomic mass is 10.0. The largest absolute Gasteiger partial charge is 0.417 e. The molecular formula is C9H5ClF6O. The molecule has 96 valence electrons. The van der Waals surface area contributed by atoms with Crippen LogP contribution in [-0.4, -0.2) is 5.11 Å². The molecule has 8 heteroatoms. The number of alkyl halides is 6. The van der Waals surface area contributed by atoms with Crippen molar-refractivity contribution < 1.29 is 31.4 Å². The van der Waals surface area contributed by atoms with Crippen LogP contribution in [0.2, 0.25) is 5.02 Å². The van der Waals surface area contributed by atoms with Crippen LogP contribution in [0.1, 0.15) is 16.7 Å². The summed E-state index contributed by atoms with van der Waals surface area (Å²) in [6.07, 6.45) is -9.96. The molecular weight excluding hydrogens is 274 g/mol. The second-order valence-electron chi connectivity index (χ2n) is 3.14. The molecule has 1 N–H and O–H groups in total. The highest BCUT2D eigenvalue weighted by Crippen LogP contribution is 2.40. The van der Waals surface area contributed by atoms with Gasteiger partial charge in [0.05, 0.1) is 22.8 Å². The summed E-state index contributed by atoms with van der Waals surface area (Å²) in [4.78, 5) is 0. The third kappa shape index (κ3) is 3.04. The van der Waals surface area contributed by atoms with E-state index in [1.54, 1.807) is 0 Å². The van der Waals surface area contributed by atoms with Crippen molar-refractivity contribution in [2.75, 3.05) is 0 Å². The summed E-state index contributed by atoms with van der Waals surface area (Å²) >= 11 is 5.22. The Kier molecular flexibility index (Phi) is 3.63. The van der Waals surface area contributed by atoms with E-state index in [-0.39, 0.29) is 6.07 Å². The first-order chi connectivity index (χ1) is 7.57. The van der Waals surface area contributed by atoms with Crippen LogP contribution in [0.25, 0.3) is 0 Å². The van der Waals surface area contributed by atoms with Crippen LogP contribution in [0.5, 0.6) is 0 Å². The Hall–Kier alpha value is -0.950. The Morgan fingerprint density at radius 2 is 1.41 bits per heavy atom. The molecule has 0 heterocycles. The topological polar surface area (TPSA) is 20.2 Å². The molecule has 1 aromatic rings. The predicted octanol–water partition coefficient (Wildman–Crippen LogP) is 3.87. The number of hydrogen-bond donors (Lipinski definition) is 1. The average molecular weight is 279 g/mol. The molecule has 0 aliphatic heterocycles. The Balaban J connectivity index is 3.49. The van der Waals surface area contributed by atoms with Gasteiger partial charge in [0.25, 0.3) is 0 Å². The SMILES string of the molecule is OCc1cc(Cl)c(C(F)(F)F)cc1C(F)(F)F. The fraction of sp³-hybridized carbons (Fsp3) is 0.333. The third-order valence-electron chi connectivity index (χ3n) is 1.97. The van der Waals surface area contributed by atoms with Gasteiger partial charge < -0.3 is 5.11 Å². The standard InChI is InChI=1S/C9H5ClF6O/c10-7-1-4(3-17)5(8(11,12)13)2-6(7)9(14,15)16/h1-2,17H,3H2. The molecule has 17 heavy (non-hydrogen) atoms. The second kappa shape index (κ2) is 4.38. The maximum Gasteiger partial charge on any atom is 0.417 e. The van der Waals surface area contributed by atoms with Crippen molar-refractivity contribution in [3.63, 3.8) is 0 Å². The number of benzene rings is 1. The van der Waals surface area contributed by atoms with Gasteiger partial charge in [-0.05, 0) is 17.7 Å². The van der Waals surface area contributed by atoms with Crippen LogP contribution in [0, 0.1) is 0 Å². The predicted molar refractivity (Wildman–Crippen MR) is 47.4 cm³/mol. The first kappa shape index (κ1) is 14.1. The normalized spacial score (nSPS) is 12.9. The summed E-state index contributed by atoms with van der Waals surface area (Å²) in [6.45, 7) is -1.05. The van der Waals surface area contributed by atoms with Gasteiger partial charge in [0, 0.05) is 0 Å². The van der Waals surface area contributed by atoms with Gasteiger partial charge in [-0.1, -0.05) is 11.6 Å². The van der Waals surface area contributed by atoms with Crippen LogP contribution in [-0.2, 0) is 19.0 Å². The monoisotopic (exact) mass is 278 g/mol. The van der Waals surface area contributed by atoms with Crippen molar-refractivity contribution in [3.8, 4) is 0 Å². The fourth-order valence-electron chi connectivity index (χ4n) is 1.23. The van der Waals surface area contributed by atoms with Crippen LogP contribution in [0.4, 0.5) is 26.3 Å². The zero-order chi connectivity index (χ0) is 13.4. The number of aliphatic hydroxyl groups excluding tert-OH is 1. The minimum atomic E-state index is -4.98. The van der Waals surface area contributed by atoms with E-state index in [1.165, 1.54) is 0 Å². The number of hydrogen-bond acceptors (Lipinski definition) is 1. The minimum absolute atomic E-state index is 0.103.